The van der Waals surface area contributed by atoms with E-state index in [0.717, 1.165) is 22.7 Å². The Morgan fingerprint density at radius 1 is 1.10 bits per heavy atom. The second kappa shape index (κ2) is 8.11. The molecule has 0 saturated heterocycles. The van der Waals surface area contributed by atoms with Gasteiger partial charge in [0.15, 0.2) is 21.4 Å². The van der Waals surface area contributed by atoms with Gasteiger partial charge in [0.2, 0.25) is 0 Å². The molecular formula is C23H22FN3O3S. The molecule has 6 nitrogen and oxygen atoms in total. The molecule has 0 aliphatic carbocycles. The molecule has 0 bridgehead atoms. The van der Waals surface area contributed by atoms with Crippen molar-refractivity contribution in [2.45, 2.75) is 37.5 Å². The quantitative estimate of drug-likeness (QED) is 0.438. The monoisotopic (exact) mass is 439 g/mol. The summed E-state index contributed by atoms with van der Waals surface area (Å²) in [6.45, 7) is 5.35. The third kappa shape index (κ3) is 4.29. The van der Waals surface area contributed by atoms with Crippen LogP contribution in [0.2, 0.25) is 0 Å². The molecule has 4 rings (SSSR count). The van der Waals surface area contributed by atoms with E-state index < -0.39 is 15.7 Å². The number of hydrogen-bond acceptors (Lipinski definition) is 5. The van der Waals surface area contributed by atoms with Gasteiger partial charge in [-0.3, -0.25) is 4.98 Å². The summed E-state index contributed by atoms with van der Waals surface area (Å²) in [7, 11) is -3.82. The van der Waals surface area contributed by atoms with E-state index in [4.69, 9.17) is 4.74 Å². The number of aryl methyl sites for hydroxylation is 1. The Morgan fingerprint density at radius 2 is 1.90 bits per heavy atom. The summed E-state index contributed by atoms with van der Waals surface area (Å²) in [5.41, 5.74) is 2.68. The van der Waals surface area contributed by atoms with Crippen molar-refractivity contribution in [1.29, 1.82) is 0 Å². The van der Waals surface area contributed by atoms with Gasteiger partial charge in [-0.25, -0.2) is 17.5 Å². The van der Waals surface area contributed by atoms with Crippen LogP contribution in [0.4, 0.5) is 4.39 Å². The molecule has 0 radical (unpaired) electrons. The van der Waals surface area contributed by atoms with Crippen LogP contribution >= 0.6 is 0 Å². The molecule has 2 aromatic carbocycles. The van der Waals surface area contributed by atoms with Gasteiger partial charge >= 0.3 is 0 Å². The molecule has 0 aliphatic heterocycles. The topological polar surface area (TPSA) is 74.1 Å². The van der Waals surface area contributed by atoms with E-state index in [9.17, 15) is 12.8 Å². The third-order valence-electron chi connectivity index (χ3n) is 4.72. The normalized spacial score (nSPS) is 11.9. The van der Waals surface area contributed by atoms with Crippen LogP contribution < -0.4 is 4.74 Å². The van der Waals surface area contributed by atoms with Crippen molar-refractivity contribution < 1.29 is 17.5 Å². The molecule has 31 heavy (non-hydrogen) atoms. The summed E-state index contributed by atoms with van der Waals surface area (Å²) in [5, 5.41) is 5.36. The minimum atomic E-state index is -3.82. The van der Waals surface area contributed by atoms with Crippen molar-refractivity contribution in [2.75, 3.05) is 0 Å². The zero-order chi connectivity index (χ0) is 22.2. The van der Waals surface area contributed by atoms with Crippen LogP contribution in [0.15, 0.2) is 65.7 Å². The van der Waals surface area contributed by atoms with Crippen molar-refractivity contribution in [3.63, 3.8) is 0 Å². The number of halogens is 1. The van der Waals surface area contributed by atoms with Crippen LogP contribution in [0.5, 0.6) is 5.75 Å². The highest BCUT2D eigenvalue weighted by atomic mass is 32.2. The number of rotatable bonds is 6. The predicted molar refractivity (Wildman–Crippen MR) is 117 cm³/mol. The first-order valence-corrected chi connectivity index (χ1v) is 11.5. The van der Waals surface area contributed by atoms with Crippen LogP contribution in [-0.2, 0) is 15.6 Å². The number of nitrogens with zero attached hydrogens (tertiary/aromatic N) is 3. The summed E-state index contributed by atoms with van der Waals surface area (Å²) < 4.78 is 47.5. The molecule has 0 fully saturated rings. The fraction of sp³-hybridized carbons (Fsp3) is 0.217. The van der Waals surface area contributed by atoms with E-state index in [1.807, 2.05) is 30.3 Å². The fourth-order valence-electron chi connectivity index (χ4n) is 3.44. The van der Waals surface area contributed by atoms with Gasteiger partial charge in [-0.1, -0.05) is 6.07 Å². The van der Waals surface area contributed by atoms with Gasteiger partial charge in [0.1, 0.15) is 0 Å². The Kier molecular flexibility index (Phi) is 5.49. The van der Waals surface area contributed by atoms with Crippen molar-refractivity contribution >= 4 is 20.7 Å². The number of fused-ring (bicyclic) bond motifs is 1. The number of sulfone groups is 1. The van der Waals surface area contributed by atoms with E-state index in [2.05, 4.69) is 10.1 Å². The van der Waals surface area contributed by atoms with E-state index in [0.29, 0.717) is 11.4 Å². The minimum absolute atomic E-state index is 0.0260. The largest absolute Gasteiger partial charge is 0.488 e. The molecule has 0 amide bonds. The zero-order valence-electron chi connectivity index (χ0n) is 17.4. The van der Waals surface area contributed by atoms with Crippen molar-refractivity contribution in [3.05, 3.63) is 78.0 Å². The first-order valence-electron chi connectivity index (χ1n) is 9.83. The number of aromatic nitrogens is 3. The maximum atomic E-state index is 14.4. The number of pyridine rings is 1. The molecule has 0 saturated carbocycles. The van der Waals surface area contributed by atoms with Crippen molar-refractivity contribution in [1.82, 2.24) is 14.8 Å². The van der Waals surface area contributed by atoms with Gasteiger partial charge in [-0.05, 0) is 69.3 Å². The molecule has 0 unspecified atom stereocenters. The van der Waals surface area contributed by atoms with Crippen LogP contribution in [0.3, 0.4) is 0 Å². The van der Waals surface area contributed by atoms with Crippen LogP contribution in [0, 0.1) is 12.7 Å². The van der Waals surface area contributed by atoms with Gasteiger partial charge in [0, 0.05) is 11.6 Å². The van der Waals surface area contributed by atoms with E-state index in [-0.39, 0.29) is 22.5 Å². The first-order chi connectivity index (χ1) is 14.7. The Hall–Kier alpha value is -3.26. The summed E-state index contributed by atoms with van der Waals surface area (Å²) in [6, 6.07) is 14.8. The molecule has 0 aliphatic rings. The average molecular weight is 440 g/mol. The third-order valence-corrected chi connectivity index (χ3v) is 6.37. The molecule has 0 atom stereocenters. The predicted octanol–water partition coefficient (Wildman–Crippen LogP) is 4.63. The fourth-order valence-corrected chi connectivity index (χ4v) is 4.76. The Morgan fingerprint density at radius 3 is 2.65 bits per heavy atom. The second-order valence-corrected chi connectivity index (χ2v) is 9.54. The molecule has 8 heteroatoms. The lowest BCUT2D eigenvalue weighted by Gasteiger charge is -2.13. The summed E-state index contributed by atoms with van der Waals surface area (Å²) in [5.74, 6) is -1.01. The second-order valence-electron chi connectivity index (χ2n) is 7.55. The van der Waals surface area contributed by atoms with Gasteiger partial charge in [-0.15, -0.1) is 0 Å². The highest BCUT2D eigenvalue weighted by Gasteiger charge is 2.22. The summed E-state index contributed by atoms with van der Waals surface area (Å²) >= 11 is 0. The lowest BCUT2D eigenvalue weighted by Crippen LogP contribution is -2.11. The van der Waals surface area contributed by atoms with Crippen molar-refractivity contribution in [3.8, 4) is 11.4 Å². The number of hydrogen-bond donors (Lipinski definition) is 0. The molecular weight excluding hydrogens is 417 g/mol. The molecule has 160 valence electrons. The molecule has 4 aromatic rings. The van der Waals surface area contributed by atoms with Crippen LogP contribution in [0.1, 0.15) is 25.2 Å². The summed E-state index contributed by atoms with van der Waals surface area (Å²) in [4.78, 5) is 4.25. The number of ether oxygens (including phenoxy) is 1. The number of benzene rings is 2. The van der Waals surface area contributed by atoms with Gasteiger partial charge < -0.3 is 4.74 Å². The Bertz CT molecular complexity index is 1360. The standard InChI is InChI=1S/C23H22FN3O3S/c1-15(2)30-23-10-9-18(13-20(23)24)31(28,29)14-17-12-16(3)26-27(17)22-8-4-7-21-19(22)6-5-11-25-21/h4-13,15H,14H2,1-3H3. The maximum Gasteiger partial charge on any atom is 0.184 e. The van der Waals surface area contributed by atoms with Gasteiger partial charge in [0.05, 0.1) is 39.3 Å². The van der Waals surface area contributed by atoms with Crippen LogP contribution in [-0.4, -0.2) is 29.3 Å². The molecule has 2 aromatic heterocycles. The van der Waals surface area contributed by atoms with Crippen LogP contribution in [0.25, 0.3) is 16.6 Å². The molecule has 0 spiro atoms. The smallest absolute Gasteiger partial charge is 0.184 e. The highest BCUT2D eigenvalue weighted by molar-refractivity contribution is 7.90. The lowest BCUT2D eigenvalue weighted by atomic mass is 10.2. The van der Waals surface area contributed by atoms with Gasteiger partial charge in [-0.2, -0.15) is 5.10 Å². The van der Waals surface area contributed by atoms with Gasteiger partial charge in [0.25, 0.3) is 0 Å². The summed E-state index contributed by atoms with van der Waals surface area (Å²) in [6.07, 6.45) is 1.48. The first kappa shape index (κ1) is 21.0. The lowest BCUT2D eigenvalue weighted by molar-refractivity contribution is 0.231. The molecule has 0 N–H and O–H groups in total. The minimum Gasteiger partial charge on any atom is -0.488 e. The zero-order valence-corrected chi connectivity index (χ0v) is 18.2. The Labute approximate surface area is 180 Å². The van der Waals surface area contributed by atoms with E-state index in [1.54, 1.807) is 37.7 Å². The van der Waals surface area contributed by atoms with E-state index in [1.165, 1.54) is 12.1 Å². The highest BCUT2D eigenvalue weighted by Crippen LogP contribution is 2.27. The molecule has 2 heterocycles. The van der Waals surface area contributed by atoms with E-state index >= 15 is 0 Å². The van der Waals surface area contributed by atoms with Crippen molar-refractivity contribution in [2.24, 2.45) is 0 Å². The SMILES string of the molecule is Cc1cc(CS(=O)(=O)c2ccc(OC(C)C)c(F)c2)n(-c2cccc3ncccc23)n1. The average Bonchev–Trinajstić information content (AvgIpc) is 3.07. The maximum absolute atomic E-state index is 14.4. The Balaban J connectivity index is 1.73.